The lowest BCUT2D eigenvalue weighted by Crippen LogP contribution is -2.41. The van der Waals surface area contributed by atoms with Crippen LogP contribution < -0.4 is 5.73 Å². The molecule has 11 heteroatoms. The van der Waals surface area contributed by atoms with Crippen LogP contribution in [0.25, 0.3) is 22.3 Å². The van der Waals surface area contributed by atoms with Gasteiger partial charge in [-0.15, -0.1) is 0 Å². The molecule has 8 nitrogen and oxygen atoms in total. The predicted molar refractivity (Wildman–Crippen MR) is 121 cm³/mol. The van der Waals surface area contributed by atoms with Crippen molar-refractivity contribution in [3.8, 4) is 17.3 Å². The Morgan fingerprint density at radius 3 is 2.74 bits per heavy atom. The lowest BCUT2D eigenvalue weighted by molar-refractivity contribution is -0.137. The molecule has 2 aliphatic rings. The van der Waals surface area contributed by atoms with E-state index >= 15 is 0 Å². The van der Waals surface area contributed by atoms with E-state index in [9.17, 15) is 23.2 Å². The van der Waals surface area contributed by atoms with E-state index in [1.54, 1.807) is 15.7 Å². The predicted octanol–water partition coefficient (Wildman–Crippen LogP) is 4.12. The van der Waals surface area contributed by atoms with Gasteiger partial charge in [0.2, 0.25) is 0 Å². The monoisotopic (exact) mass is 481 g/mol. The van der Waals surface area contributed by atoms with Crippen molar-refractivity contribution in [1.29, 1.82) is 5.26 Å². The highest BCUT2D eigenvalue weighted by Crippen LogP contribution is 2.37. The number of nitriles is 1. The van der Waals surface area contributed by atoms with E-state index in [0.29, 0.717) is 42.9 Å². The fourth-order valence-corrected chi connectivity index (χ4v) is 4.46. The van der Waals surface area contributed by atoms with E-state index in [1.807, 2.05) is 6.07 Å². The largest absolute Gasteiger partial charge is 0.416 e. The molecule has 2 aromatic heterocycles. The van der Waals surface area contributed by atoms with Gasteiger partial charge in [-0.1, -0.05) is 18.2 Å². The van der Waals surface area contributed by atoms with Crippen LogP contribution in [0.5, 0.6) is 0 Å². The van der Waals surface area contributed by atoms with Crippen molar-refractivity contribution in [2.24, 2.45) is 5.92 Å². The summed E-state index contributed by atoms with van der Waals surface area (Å²) in [5, 5.41) is 14.5. The number of halogens is 3. The minimum atomic E-state index is -4.51. The van der Waals surface area contributed by atoms with Gasteiger partial charge in [0.05, 0.1) is 17.0 Å². The Morgan fingerprint density at radius 1 is 1.23 bits per heavy atom. The highest BCUT2D eigenvalue weighted by molar-refractivity contribution is 5.99. The third kappa shape index (κ3) is 4.43. The van der Waals surface area contributed by atoms with Crippen LogP contribution in [0, 0.1) is 17.2 Å². The van der Waals surface area contributed by atoms with Gasteiger partial charge < -0.3 is 10.6 Å². The number of rotatable bonds is 4. The number of alkyl halides is 3. The van der Waals surface area contributed by atoms with Gasteiger partial charge in [-0.05, 0) is 43.7 Å². The molecule has 3 aromatic rings. The molecule has 1 aliphatic heterocycles. The Kier molecular flexibility index (Phi) is 5.67. The van der Waals surface area contributed by atoms with Crippen LogP contribution in [0.4, 0.5) is 19.0 Å². The zero-order valence-corrected chi connectivity index (χ0v) is 18.7. The number of carbonyl (C=O) groups is 1. The first-order valence-electron chi connectivity index (χ1n) is 11.3. The summed E-state index contributed by atoms with van der Waals surface area (Å²) in [6.45, 7) is 0.807. The summed E-state index contributed by atoms with van der Waals surface area (Å²) in [6, 6.07) is 6.61. The van der Waals surface area contributed by atoms with Crippen molar-refractivity contribution >= 4 is 22.8 Å². The molecule has 180 valence electrons. The van der Waals surface area contributed by atoms with Crippen molar-refractivity contribution in [1.82, 2.24) is 24.6 Å². The van der Waals surface area contributed by atoms with E-state index in [-0.39, 0.29) is 34.6 Å². The van der Waals surface area contributed by atoms with E-state index in [2.05, 4.69) is 15.1 Å². The molecular formula is C24H22F3N7O. The van der Waals surface area contributed by atoms with Crippen LogP contribution in [0.15, 0.2) is 42.2 Å². The Hall–Kier alpha value is -3.94. The lowest BCUT2D eigenvalue weighted by atomic mass is 10.0. The number of benzene rings is 1. The standard InChI is InChI=1S/C24H22F3N7O/c25-24(26,27)17-4-1-3-15(10-17)20-19-21(29)30-13-31-22(19)34(32-20)18-5-2-8-33(12-18)23(35)16(11-28)9-14-6-7-14/h1,3-4,9-10,13-14,18H,2,5-8,12H2,(H2,29,30,31). The third-order valence-corrected chi connectivity index (χ3v) is 6.39. The first-order valence-corrected chi connectivity index (χ1v) is 11.3. The van der Waals surface area contributed by atoms with Gasteiger partial charge in [0, 0.05) is 18.7 Å². The van der Waals surface area contributed by atoms with Crippen LogP contribution in [0.1, 0.15) is 37.3 Å². The number of nitrogens with two attached hydrogens (primary N) is 1. The highest BCUT2D eigenvalue weighted by atomic mass is 19.4. The van der Waals surface area contributed by atoms with Crippen LogP contribution in [-0.4, -0.2) is 43.6 Å². The molecule has 2 fully saturated rings. The zero-order valence-electron chi connectivity index (χ0n) is 18.7. The molecule has 0 radical (unpaired) electrons. The Labute approximate surface area is 198 Å². The zero-order chi connectivity index (χ0) is 24.7. The van der Waals surface area contributed by atoms with E-state index < -0.39 is 11.7 Å². The molecule has 1 saturated carbocycles. The van der Waals surface area contributed by atoms with Crippen LogP contribution in [-0.2, 0) is 11.0 Å². The smallest absolute Gasteiger partial charge is 0.383 e. The Balaban J connectivity index is 1.52. The molecule has 1 saturated heterocycles. The van der Waals surface area contributed by atoms with Crippen LogP contribution in [0.3, 0.4) is 0 Å². The SMILES string of the molecule is N#CC(=CC1CC1)C(=O)N1CCCC(n2nc(-c3cccc(C(F)(F)F)c3)c3c(N)ncnc32)C1. The third-order valence-electron chi connectivity index (χ3n) is 6.39. The topological polar surface area (TPSA) is 114 Å². The van der Waals surface area contributed by atoms with Gasteiger partial charge in [0.25, 0.3) is 5.91 Å². The fraction of sp³-hybridized carbons (Fsp3) is 0.375. The van der Waals surface area contributed by atoms with Crippen molar-refractivity contribution in [3.63, 3.8) is 0 Å². The Bertz CT molecular complexity index is 1370. The number of aromatic nitrogens is 4. The first kappa shape index (κ1) is 22.8. The molecule has 0 bridgehead atoms. The number of allylic oxidation sites excluding steroid dienone is 1. The molecule has 5 rings (SSSR count). The molecule has 1 aromatic carbocycles. The normalized spacial score (nSPS) is 19.1. The number of nitrogens with zero attached hydrogens (tertiary/aromatic N) is 6. The van der Waals surface area contributed by atoms with Crippen molar-refractivity contribution in [2.45, 2.75) is 37.9 Å². The number of piperidine rings is 1. The second-order valence-electron chi connectivity index (χ2n) is 8.91. The summed E-state index contributed by atoms with van der Waals surface area (Å²) in [5.74, 6) is 0.0864. The summed E-state index contributed by atoms with van der Waals surface area (Å²) < 4.78 is 41.6. The summed E-state index contributed by atoms with van der Waals surface area (Å²) in [7, 11) is 0. The summed E-state index contributed by atoms with van der Waals surface area (Å²) >= 11 is 0. The number of amides is 1. The quantitative estimate of drug-likeness (QED) is 0.443. The summed E-state index contributed by atoms with van der Waals surface area (Å²) in [5.41, 5.74) is 6.34. The van der Waals surface area contributed by atoms with Gasteiger partial charge in [0.15, 0.2) is 5.65 Å². The second-order valence-corrected chi connectivity index (χ2v) is 8.91. The summed E-state index contributed by atoms with van der Waals surface area (Å²) in [6.07, 6.45) is 1.85. The van der Waals surface area contributed by atoms with E-state index in [4.69, 9.17) is 5.73 Å². The average molecular weight is 481 g/mol. The van der Waals surface area contributed by atoms with Crippen LogP contribution in [0.2, 0.25) is 0 Å². The molecule has 1 unspecified atom stereocenters. The number of hydrogen-bond acceptors (Lipinski definition) is 6. The summed E-state index contributed by atoms with van der Waals surface area (Å²) in [4.78, 5) is 23.0. The average Bonchev–Trinajstić information content (AvgIpc) is 3.59. The molecule has 1 amide bonds. The van der Waals surface area contributed by atoms with Gasteiger partial charge in [-0.25, -0.2) is 14.6 Å². The van der Waals surface area contributed by atoms with Gasteiger partial charge >= 0.3 is 6.18 Å². The van der Waals surface area contributed by atoms with Gasteiger partial charge in [-0.3, -0.25) is 4.79 Å². The number of fused-ring (bicyclic) bond motifs is 1. The molecule has 1 aliphatic carbocycles. The number of anilines is 1. The molecule has 1 atom stereocenters. The minimum Gasteiger partial charge on any atom is -0.383 e. The fourth-order valence-electron chi connectivity index (χ4n) is 4.46. The van der Waals surface area contributed by atoms with Gasteiger partial charge in [0.1, 0.15) is 29.5 Å². The number of nitrogen functional groups attached to an aromatic ring is 1. The van der Waals surface area contributed by atoms with E-state index in [1.165, 1.54) is 18.5 Å². The van der Waals surface area contributed by atoms with Crippen molar-refractivity contribution in [3.05, 3.63) is 47.8 Å². The lowest BCUT2D eigenvalue weighted by Gasteiger charge is -2.32. The van der Waals surface area contributed by atoms with Gasteiger partial charge in [-0.2, -0.15) is 23.5 Å². The Morgan fingerprint density at radius 2 is 2.03 bits per heavy atom. The second kappa shape index (κ2) is 8.69. The highest BCUT2D eigenvalue weighted by Gasteiger charge is 2.33. The maximum absolute atomic E-state index is 13.3. The first-order chi connectivity index (χ1) is 16.8. The number of carbonyl (C=O) groups excluding carboxylic acids is 1. The van der Waals surface area contributed by atoms with Crippen molar-refractivity contribution < 1.29 is 18.0 Å². The molecule has 35 heavy (non-hydrogen) atoms. The number of likely N-dealkylation sites (tertiary alicyclic amines) is 1. The molecular weight excluding hydrogens is 459 g/mol. The van der Waals surface area contributed by atoms with E-state index in [0.717, 1.165) is 25.0 Å². The van der Waals surface area contributed by atoms with Crippen molar-refractivity contribution in [2.75, 3.05) is 18.8 Å². The molecule has 3 heterocycles. The maximum atomic E-state index is 13.3. The minimum absolute atomic E-state index is 0.108. The van der Waals surface area contributed by atoms with Crippen LogP contribution >= 0.6 is 0 Å². The molecule has 2 N–H and O–H groups in total. The maximum Gasteiger partial charge on any atom is 0.416 e. The number of hydrogen-bond donors (Lipinski definition) is 1. The molecule has 0 spiro atoms.